The van der Waals surface area contributed by atoms with Crippen LogP contribution >= 0.6 is 0 Å². The van der Waals surface area contributed by atoms with Crippen LogP contribution in [0.4, 0.5) is 0 Å². The van der Waals surface area contributed by atoms with Crippen molar-refractivity contribution in [2.45, 2.75) is 25.4 Å². The Morgan fingerprint density at radius 3 is 3.18 bits per heavy atom. The summed E-state index contributed by atoms with van der Waals surface area (Å²) in [5.74, 6) is 0. The van der Waals surface area contributed by atoms with E-state index in [0.29, 0.717) is 19.6 Å². The van der Waals surface area contributed by atoms with Crippen LogP contribution < -0.4 is 0 Å². The van der Waals surface area contributed by atoms with Gasteiger partial charge in [-0.3, -0.25) is 0 Å². The average Bonchev–Trinajstić information content (AvgIpc) is 2.50. The van der Waals surface area contributed by atoms with E-state index in [1.807, 2.05) is 6.07 Å². The van der Waals surface area contributed by atoms with Crippen LogP contribution in [0.25, 0.3) is 0 Å². The molecule has 0 aromatic heterocycles. The van der Waals surface area contributed by atoms with E-state index in [1.165, 1.54) is 0 Å². The minimum absolute atomic E-state index is 0.286. The molecule has 1 saturated heterocycles. The van der Waals surface area contributed by atoms with Crippen molar-refractivity contribution in [1.82, 2.24) is 0 Å². The molecule has 0 aromatic carbocycles. The first-order valence-corrected chi connectivity index (χ1v) is 4.00. The lowest BCUT2D eigenvalue weighted by atomic mass is 10.2. The van der Waals surface area contributed by atoms with Gasteiger partial charge in [-0.15, -0.1) is 0 Å². The van der Waals surface area contributed by atoms with Crippen LogP contribution in [-0.2, 0) is 9.47 Å². The number of nitriles is 1. The molecule has 1 aliphatic rings. The minimum Gasteiger partial charge on any atom is -0.378 e. The Kier molecular flexibility index (Phi) is 3.95. The molecule has 0 N–H and O–H groups in total. The Morgan fingerprint density at radius 1 is 1.64 bits per heavy atom. The maximum atomic E-state index is 8.20. The average molecular weight is 155 g/mol. The van der Waals surface area contributed by atoms with E-state index in [-0.39, 0.29) is 6.10 Å². The molecule has 0 unspecified atom stereocenters. The zero-order chi connectivity index (χ0) is 7.94. The SMILES string of the molecule is N#CCCOC[C@@H]1CCCO1. The smallest absolute Gasteiger partial charge is 0.0809 e. The molecule has 62 valence electrons. The van der Waals surface area contributed by atoms with Crippen molar-refractivity contribution in [3.63, 3.8) is 0 Å². The summed E-state index contributed by atoms with van der Waals surface area (Å²) in [5.41, 5.74) is 0. The van der Waals surface area contributed by atoms with Gasteiger partial charge in [0.25, 0.3) is 0 Å². The van der Waals surface area contributed by atoms with Gasteiger partial charge in [-0.2, -0.15) is 5.26 Å². The van der Waals surface area contributed by atoms with E-state index < -0.39 is 0 Å². The van der Waals surface area contributed by atoms with Gasteiger partial charge in [-0.1, -0.05) is 0 Å². The van der Waals surface area contributed by atoms with Crippen molar-refractivity contribution in [2.75, 3.05) is 19.8 Å². The number of nitrogens with zero attached hydrogens (tertiary/aromatic N) is 1. The zero-order valence-electron chi connectivity index (χ0n) is 6.58. The Bertz CT molecular complexity index is 136. The summed E-state index contributed by atoms with van der Waals surface area (Å²) in [6.07, 6.45) is 3.01. The van der Waals surface area contributed by atoms with Gasteiger partial charge in [0.15, 0.2) is 0 Å². The predicted molar refractivity (Wildman–Crippen MR) is 40.0 cm³/mol. The summed E-state index contributed by atoms with van der Waals surface area (Å²) in [6.45, 7) is 2.06. The maximum absolute atomic E-state index is 8.20. The Morgan fingerprint density at radius 2 is 2.55 bits per heavy atom. The summed E-state index contributed by atoms with van der Waals surface area (Å²) in [5, 5.41) is 8.20. The van der Waals surface area contributed by atoms with Crippen LogP contribution in [0.2, 0.25) is 0 Å². The van der Waals surface area contributed by atoms with Crippen molar-refractivity contribution in [1.29, 1.82) is 5.26 Å². The van der Waals surface area contributed by atoms with Crippen molar-refractivity contribution in [3.8, 4) is 6.07 Å². The number of hydrogen-bond acceptors (Lipinski definition) is 3. The van der Waals surface area contributed by atoms with Gasteiger partial charge < -0.3 is 9.47 Å². The van der Waals surface area contributed by atoms with Gasteiger partial charge in [-0.25, -0.2) is 0 Å². The normalized spacial score (nSPS) is 23.4. The van der Waals surface area contributed by atoms with Crippen molar-refractivity contribution in [3.05, 3.63) is 0 Å². The summed E-state index contributed by atoms with van der Waals surface area (Å²) in [7, 11) is 0. The fourth-order valence-electron chi connectivity index (χ4n) is 1.11. The number of ether oxygens (including phenoxy) is 2. The highest BCUT2D eigenvalue weighted by Gasteiger charge is 2.14. The van der Waals surface area contributed by atoms with Gasteiger partial charge >= 0.3 is 0 Å². The molecule has 0 amide bonds. The fraction of sp³-hybridized carbons (Fsp3) is 0.875. The predicted octanol–water partition coefficient (Wildman–Crippen LogP) is 1.10. The third kappa shape index (κ3) is 3.35. The number of hydrogen-bond donors (Lipinski definition) is 0. The lowest BCUT2D eigenvalue weighted by Gasteiger charge is -2.07. The van der Waals surface area contributed by atoms with Gasteiger partial charge in [-0.05, 0) is 12.8 Å². The molecule has 3 nitrogen and oxygen atoms in total. The van der Waals surface area contributed by atoms with Crippen molar-refractivity contribution in [2.24, 2.45) is 0 Å². The topological polar surface area (TPSA) is 42.2 Å². The third-order valence-electron chi connectivity index (χ3n) is 1.69. The molecule has 1 fully saturated rings. The van der Waals surface area contributed by atoms with Crippen LogP contribution in [0.5, 0.6) is 0 Å². The molecule has 0 spiro atoms. The molecule has 0 aromatic rings. The summed E-state index contributed by atoms with van der Waals surface area (Å²) in [4.78, 5) is 0. The van der Waals surface area contributed by atoms with Crippen LogP contribution in [0.15, 0.2) is 0 Å². The first-order chi connectivity index (χ1) is 5.43. The molecule has 0 bridgehead atoms. The molecule has 0 saturated carbocycles. The Hall–Kier alpha value is -0.590. The molecule has 1 heterocycles. The highest BCUT2D eigenvalue weighted by Crippen LogP contribution is 2.11. The summed E-state index contributed by atoms with van der Waals surface area (Å²) < 4.78 is 10.5. The van der Waals surface area contributed by atoms with Crippen LogP contribution in [-0.4, -0.2) is 25.9 Å². The second-order valence-electron chi connectivity index (χ2n) is 2.62. The van der Waals surface area contributed by atoms with E-state index >= 15 is 0 Å². The first-order valence-electron chi connectivity index (χ1n) is 4.00. The van der Waals surface area contributed by atoms with Crippen molar-refractivity contribution < 1.29 is 9.47 Å². The van der Waals surface area contributed by atoms with E-state index in [1.54, 1.807) is 0 Å². The van der Waals surface area contributed by atoms with Crippen LogP contribution in [0.3, 0.4) is 0 Å². The van der Waals surface area contributed by atoms with Crippen LogP contribution in [0.1, 0.15) is 19.3 Å². The molecule has 1 rings (SSSR count). The van der Waals surface area contributed by atoms with E-state index in [0.717, 1.165) is 19.4 Å². The van der Waals surface area contributed by atoms with Gasteiger partial charge in [0.1, 0.15) is 0 Å². The molecule has 0 radical (unpaired) electrons. The second kappa shape index (κ2) is 5.11. The maximum Gasteiger partial charge on any atom is 0.0809 e. The first kappa shape index (κ1) is 8.51. The lowest BCUT2D eigenvalue weighted by Crippen LogP contribution is -2.14. The minimum atomic E-state index is 0.286. The van der Waals surface area contributed by atoms with E-state index in [9.17, 15) is 0 Å². The van der Waals surface area contributed by atoms with Crippen LogP contribution in [0, 0.1) is 11.3 Å². The standard InChI is InChI=1S/C8H13NO2/c9-4-2-5-10-7-8-3-1-6-11-8/h8H,1-3,5-7H2/t8-/m0/s1. The largest absolute Gasteiger partial charge is 0.378 e. The molecule has 11 heavy (non-hydrogen) atoms. The molecular formula is C8H13NO2. The molecular weight excluding hydrogens is 142 g/mol. The lowest BCUT2D eigenvalue weighted by molar-refractivity contribution is 0.0191. The van der Waals surface area contributed by atoms with E-state index in [2.05, 4.69) is 0 Å². The molecule has 1 aliphatic heterocycles. The van der Waals surface area contributed by atoms with E-state index in [4.69, 9.17) is 14.7 Å². The zero-order valence-corrected chi connectivity index (χ0v) is 6.58. The highest BCUT2D eigenvalue weighted by molar-refractivity contribution is 4.68. The monoisotopic (exact) mass is 155 g/mol. The van der Waals surface area contributed by atoms with Gasteiger partial charge in [0.2, 0.25) is 0 Å². The fourth-order valence-corrected chi connectivity index (χ4v) is 1.11. The number of rotatable bonds is 4. The molecule has 3 heteroatoms. The quantitative estimate of drug-likeness (QED) is 0.571. The molecule has 1 atom stereocenters. The van der Waals surface area contributed by atoms with Gasteiger partial charge in [0, 0.05) is 6.61 Å². The highest BCUT2D eigenvalue weighted by atomic mass is 16.5. The Labute approximate surface area is 66.9 Å². The summed E-state index contributed by atoms with van der Waals surface area (Å²) in [6, 6.07) is 2.03. The second-order valence-corrected chi connectivity index (χ2v) is 2.62. The Balaban J connectivity index is 1.90. The third-order valence-corrected chi connectivity index (χ3v) is 1.69. The van der Waals surface area contributed by atoms with Crippen molar-refractivity contribution >= 4 is 0 Å². The van der Waals surface area contributed by atoms with Gasteiger partial charge in [0.05, 0.1) is 31.8 Å². The summed E-state index contributed by atoms with van der Waals surface area (Å²) >= 11 is 0. The molecule has 0 aliphatic carbocycles.